The Morgan fingerprint density at radius 2 is 2.00 bits per heavy atom. The lowest BCUT2D eigenvalue weighted by molar-refractivity contribution is -0.123. The normalized spacial score (nSPS) is 13.7. The van der Waals surface area contributed by atoms with Crippen LogP contribution in [0.4, 0.5) is 0 Å². The zero-order chi connectivity index (χ0) is 18.8. The number of nitrogens with zero attached hydrogens (tertiary/aromatic N) is 1. The van der Waals surface area contributed by atoms with E-state index in [4.69, 9.17) is 4.74 Å². The molecule has 0 aliphatic heterocycles. The molecule has 1 aliphatic rings. The summed E-state index contributed by atoms with van der Waals surface area (Å²) in [5.41, 5.74) is 1.08. The maximum Gasteiger partial charge on any atom is 0.258 e. The molecule has 0 radical (unpaired) electrons. The topological polar surface area (TPSA) is 74.8 Å². The Morgan fingerprint density at radius 1 is 1.26 bits per heavy atom. The number of nitrogens with one attached hydrogen (secondary N) is 3. The van der Waals surface area contributed by atoms with Crippen molar-refractivity contribution in [1.29, 1.82) is 0 Å². The fraction of sp³-hybridized carbons (Fsp3) is 0.600. The number of rotatable bonds is 10. The smallest absolute Gasteiger partial charge is 0.258 e. The van der Waals surface area contributed by atoms with E-state index in [2.05, 4.69) is 34.8 Å². The third kappa shape index (κ3) is 9.30. The van der Waals surface area contributed by atoms with Crippen molar-refractivity contribution >= 4 is 35.8 Å². The Bertz CT molecular complexity index is 601. The van der Waals surface area contributed by atoms with Crippen molar-refractivity contribution in [3.63, 3.8) is 0 Å². The number of aliphatic imine (C=N–C) groups is 1. The van der Waals surface area contributed by atoms with Crippen molar-refractivity contribution in [3.05, 3.63) is 29.8 Å². The van der Waals surface area contributed by atoms with E-state index in [9.17, 15) is 4.79 Å². The molecule has 3 N–H and O–H groups in total. The first-order chi connectivity index (χ1) is 12.6. The first kappa shape index (κ1) is 23.5. The monoisotopic (exact) mass is 488 g/mol. The maximum atomic E-state index is 11.7. The molecule has 0 unspecified atom stereocenters. The molecule has 2 rings (SSSR count). The van der Waals surface area contributed by atoms with Gasteiger partial charge in [0.25, 0.3) is 5.91 Å². The second-order valence-corrected chi connectivity index (χ2v) is 6.77. The Balaban J connectivity index is 0.00000364. The number of carbonyl (C=O) groups excluding carboxylic acids is 1. The summed E-state index contributed by atoms with van der Waals surface area (Å²) < 4.78 is 5.59. The van der Waals surface area contributed by atoms with Gasteiger partial charge in [0.05, 0.1) is 0 Å². The molecule has 27 heavy (non-hydrogen) atoms. The lowest BCUT2D eigenvalue weighted by Gasteiger charge is -2.17. The van der Waals surface area contributed by atoms with Crippen LogP contribution < -0.4 is 20.7 Å². The van der Waals surface area contributed by atoms with Crippen molar-refractivity contribution in [2.24, 2.45) is 10.9 Å². The zero-order valence-corrected chi connectivity index (χ0v) is 18.9. The molecule has 6 nitrogen and oxygen atoms in total. The van der Waals surface area contributed by atoms with Crippen LogP contribution in [0.15, 0.2) is 29.3 Å². The molecule has 1 amide bonds. The summed E-state index contributed by atoms with van der Waals surface area (Å²) in [5.74, 6) is 2.11. The fourth-order valence-electron chi connectivity index (χ4n) is 2.62. The summed E-state index contributed by atoms with van der Waals surface area (Å²) >= 11 is 0. The highest BCUT2D eigenvalue weighted by Gasteiger charge is 2.23. The summed E-state index contributed by atoms with van der Waals surface area (Å²) in [6, 6.07) is 8.14. The molecule has 0 atom stereocenters. The Hall–Kier alpha value is -1.51. The van der Waals surface area contributed by atoms with E-state index < -0.39 is 0 Å². The van der Waals surface area contributed by atoms with Crippen LogP contribution in [0.1, 0.15) is 45.1 Å². The van der Waals surface area contributed by atoms with E-state index in [0.29, 0.717) is 24.3 Å². The van der Waals surface area contributed by atoms with Crippen molar-refractivity contribution in [3.8, 4) is 5.75 Å². The Kier molecular flexibility index (Phi) is 11.2. The van der Waals surface area contributed by atoms with Crippen LogP contribution in [0.25, 0.3) is 0 Å². The fourth-order valence-corrected chi connectivity index (χ4v) is 2.62. The highest BCUT2D eigenvalue weighted by atomic mass is 127. The number of amides is 1. The molecule has 0 bridgehead atoms. The van der Waals surface area contributed by atoms with Gasteiger partial charge >= 0.3 is 0 Å². The number of hydrogen-bond acceptors (Lipinski definition) is 3. The summed E-state index contributed by atoms with van der Waals surface area (Å²) in [6.07, 6.45) is 4.49. The van der Waals surface area contributed by atoms with Gasteiger partial charge in [0, 0.05) is 26.2 Å². The minimum atomic E-state index is -0.0537. The van der Waals surface area contributed by atoms with E-state index in [1.165, 1.54) is 0 Å². The van der Waals surface area contributed by atoms with Crippen molar-refractivity contribution in [1.82, 2.24) is 16.0 Å². The molecule has 0 heterocycles. The van der Waals surface area contributed by atoms with Gasteiger partial charge in [-0.05, 0) is 36.5 Å². The number of guanidine groups is 1. The van der Waals surface area contributed by atoms with Crippen LogP contribution >= 0.6 is 24.0 Å². The standard InChI is InChI=1S/C20H32N4O2.HI/c1-4-15(5-2)12-22-20(21-3)23-13-16-7-6-8-18(11-16)26-14-19(25)24-17-9-10-17;/h6-8,11,15,17H,4-5,9-10,12-14H2,1-3H3,(H,24,25)(H2,21,22,23);1H. The van der Waals surface area contributed by atoms with Crippen LogP contribution in [0.2, 0.25) is 0 Å². The average molecular weight is 488 g/mol. The minimum absolute atomic E-state index is 0. The highest BCUT2D eigenvalue weighted by Crippen LogP contribution is 2.18. The largest absolute Gasteiger partial charge is 0.484 e. The van der Waals surface area contributed by atoms with Crippen molar-refractivity contribution in [2.45, 2.75) is 52.1 Å². The second-order valence-electron chi connectivity index (χ2n) is 6.77. The van der Waals surface area contributed by atoms with Gasteiger partial charge in [-0.2, -0.15) is 0 Å². The number of halogens is 1. The average Bonchev–Trinajstić information content (AvgIpc) is 3.47. The van der Waals surface area contributed by atoms with Gasteiger partial charge in [0.15, 0.2) is 12.6 Å². The predicted octanol–water partition coefficient (Wildman–Crippen LogP) is 3.06. The molecule has 1 aromatic rings. The molecule has 1 aliphatic carbocycles. The first-order valence-electron chi connectivity index (χ1n) is 9.60. The molecule has 1 saturated carbocycles. The Labute approximate surface area is 179 Å². The van der Waals surface area contributed by atoms with E-state index in [1.54, 1.807) is 7.05 Å². The molecule has 1 fully saturated rings. The molecule has 7 heteroatoms. The van der Waals surface area contributed by atoms with Gasteiger partial charge in [-0.25, -0.2) is 0 Å². The molecular formula is C20H33IN4O2. The maximum absolute atomic E-state index is 11.7. The SMILES string of the molecule is CCC(CC)CNC(=NC)NCc1cccc(OCC(=O)NC2CC2)c1.I. The quantitative estimate of drug-likeness (QED) is 0.269. The second kappa shape index (κ2) is 12.8. The van der Waals surface area contributed by atoms with Crippen LogP contribution in [0.3, 0.4) is 0 Å². The molecule has 0 saturated heterocycles. The summed E-state index contributed by atoms with van der Waals surface area (Å²) in [7, 11) is 1.78. The van der Waals surface area contributed by atoms with Crippen LogP contribution in [-0.2, 0) is 11.3 Å². The van der Waals surface area contributed by atoms with Gasteiger partial charge in [-0.15, -0.1) is 24.0 Å². The van der Waals surface area contributed by atoms with Crippen LogP contribution in [0.5, 0.6) is 5.75 Å². The van der Waals surface area contributed by atoms with Crippen molar-refractivity contribution in [2.75, 3.05) is 20.2 Å². The first-order valence-corrected chi connectivity index (χ1v) is 9.60. The van der Waals surface area contributed by atoms with E-state index >= 15 is 0 Å². The Morgan fingerprint density at radius 3 is 2.63 bits per heavy atom. The lowest BCUT2D eigenvalue weighted by Crippen LogP contribution is -2.39. The van der Waals surface area contributed by atoms with Gasteiger partial charge in [0.2, 0.25) is 0 Å². The number of carbonyl (C=O) groups is 1. The van der Waals surface area contributed by atoms with E-state index in [1.807, 2.05) is 24.3 Å². The van der Waals surface area contributed by atoms with Crippen molar-refractivity contribution < 1.29 is 9.53 Å². The van der Waals surface area contributed by atoms with E-state index in [0.717, 1.165) is 43.8 Å². The summed E-state index contributed by atoms with van der Waals surface area (Å²) in [5, 5.41) is 9.61. The van der Waals surface area contributed by atoms with Crippen LogP contribution in [0, 0.1) is 5.92 Å². The molecule has 1 aromatic carbocycles. The third-order valence-electron chi connectivity index (χ3n) is 4.61. The summed E-state index contributed by atoms with van der Waals surface area (Å²) in [4.78, 5) is 16.0. The zero-order valence-electron chi connectivity index (χ0n) is 16.6. The van der Waals surface area contributed by atoms with Gasteiger partial charge in [-0.1, -0.05) is 38.8 Å². The molecule has 0 aromatic heterocycles. The molecule has 152 valence electrons. The highest BCUT2D eigenvalue weighted by molar-refractivity contribution is 14.0. The predicted molar refractivity (Wildman–Crippen MR) is 121 cm³/mol. The number of ether oxygens (including phenoxy) is 1. The van der Waals surface area contributed by atoms with Crippen LogP contribution in [-0.4, -0.2) is 38.1 Å². The third-order valence-corrected chi connectivity index (χ3v) is 4.61. The number of benzene rings is 1. The molecular weight excluding hydrogens is 455 g/mol. The molecule has 0 spiro atoms. The van der Waals surface area contributed by atoms with Gasteiger partial charge in [0.1, 0.15) is 5.75 Å². The number of hydrogen-bond donors (Lipinski definition) is 3. The van der Waals surface area contributed by atoms with E-state index in [-0.39, 0.29) is 36.5 Å². The van der Waals surface area contributed by atoms with Gasteiger partial charge in [-0.3, -0.25) is 9.79 Å². The summed E-state index contributed by atoms with van der Waals surface area (Å²) in [6.45, 7) is 6.05. The minimum Gasteiger partial charge on any atom is -0.484 e. The van der Waals surface area contributed by atoms with Gasteiger partial charge < -0.3 is 20.7 Å². The lowest BCUT2D eigenvalue weighted by atomic mass is 10.0.